The van der Waals surface area contributed by atoms with Gasteiger partial charge in [0.2, 0.25) is 0 Å². The number of nitrogens with two attached hydrogens (primary N) is 1. The monoisotopic (exact) mass is 692 g/mol. The minimum Gasteiger partial charge on any atom is -0.322 e. The van der Waals surface area contributed by atoms with Crippen molar-refractivity contribution in [1.29, 1.82) is 0 Å². The molecule has 0 amide bonds. The van der Waals surface area contributed by atoms with E-state index in [1.807, 2.05) is 71.4 Å². The lowest BCUT2D eigenvalue weighted by Crippen LogP contribution is -2.13. The van der Waals surface area contributed by atoms with Crippen molar-refractivity contribution in [1.82, 2.24) is 9.97 Å². The number of nitro benzene ring substituents is 2. The Balaban J connectivity index is 0.000000188. The van der Waals surface area contributed by atoms with Crippen LogP contribution in [-0.4, -0.2) is 25.0 Å². The van der Waals surface area contributed by atoms with Gasteiger partial charge in [0.05, 0.1) is 32.4 Å². The van der Waals surface area contributed by atoms with E-state index in [4.69, 9.17) is 18.0 Å². The third-order valence-electron chi connectivity index (χ3n) is 7.19. The minimum atomic E-state index is -0.414. The number of non-ortho nitro benzene ring substituents is 2. The molecule has 10 nitrogen and oxygen atoms in total. The summed E-state index contributed by atoms with van der Waals surface area (Å²) in [5.74, 6) is 0. The number of thiazole rings is 2. The lowest BCUT2D eigenvalue weighted by molar-refractivity contribution is -0.385. The summed E-state index contributed by atoms with van der Waals surface area (Å²) in [6.45, 7) is 0. The van der Waals surface area contributed by atoms with Crippen molar-refractivity contribution in [2.75, 3.05) is 0 Å². The van der Waals surface area contributed by atoms with Crippen LogP contribution in [-0.2, 0) is 12.8 Å². The number of nitrogens with zero attached hydrogens (tertiary/aromatic N) is 5. The number of hydrogen-bond acceptors (Lipinski definition) is 11. The van der Waals surface area contributed by atoms with Crippen LogP contribution in [0.5, 0.6) is 0 Å². The Labute approximate surface area is 289 Å². The molecule has 0 aliphatic heterocycles. The SMILES string of the molecule is N[C@@H](Cc1ccc([N+](=O)[O-])cc1)c1csc(-c2ccccc2)n1.O=[N+]([O-])c1ccc(C[C@H](N=C=S)c2csc(-c3ccccc3)n2)cc1. The van der Waals surface area contributed by atoms with Gasteiger partial charge in [-0.15, -0.1) is 22.7 Å². The summed E-state index contributed by atoms with van der Waals surface area (Å²) in [7, 11) is 0. The third kappa shape index (κ3) is 9.16. The highest BCUT2D eigenvalue weighted by atomic mass is 32.1. The summed E-state index contributed by atoms with van der Waals surface area (Å²) < 4.78 is 0. The van der Waals surface area contributed by atoms with Crippen molar-refractivity contribution in [2.45, 2.75) is 24.9 Å². The fourth-order valence-corrected chi connectivity index (χ4v) is 6.58. The molecule has 0 aliphatic rings. The van der Waals surface area contributed by atoms with E-state index in [-0.39, 0.29) is 23.5 Å². The number of thiocarbonyl (C=S) groups is 1. The second kappa shape index (κ2) is 16.5. The Kier molecular flexibility index (Phi) is 11.7. The Morgan fingerprint density at radius 2 is 1.12 bits per heavy atom. The van der Waals surface area contributed by atoms with Gasteiger partial charge in [-0.3, -0.25) is 20.2 Å². The zero-order valence-electron chi connectivity index (χ0n) is 25.3. The van der Waals surface area contributed by atoms with E-state index < -0.39 is 9.85 Å². The molecule has 0 saturated heterocycles. The summed E-state index contributed by atoms with van der Waals surface area (Å²) in [5.41, 5.74) is 12.1. The fraction of sp³-hybridized carbons (Fsp3) is 0.114. The first-order valence-electron chi connectivity index (χ1n) is 14.6. The molecule has 0 fully saturated rings. The highest BCUT2D eigenvalue weighted by molar-refractivity contribution is 7.78. The topological polar surface area (TPSA) is 150 Å². The molecule has 48 heavy (non-hydrogen) atoms. The highest BCUT2D eigenvalue weighted by Crippen LogP contribution is 2.30. The standard InChI is InChI=1S/C18H13N3O2S2.C17H15N3O2S/c22-21(23)15-8-6-13(7-9-15)10-16(19-12-24)17-11-25-18(20-17)14-4-2-1-3-5-14;18-15(10-12-6-8-14(9-7-12)20(21)22)16-11-23-17(19-16)13-4-2-1-3-5-13/h1-9,11,16H,10H2;1-9,11,15H,10,18H2/t16-;15-/m00/s1. The molecule has 0 aliphatic carbocycles. The Hall–Kier alpha value is -5.30. The van der Waals surface area contributed by atoms with Gasteiger partial charge in [0.15, 0.2) is 0 Å². The first-order valence-corrected chi connectivity index (χ1v) is 16.8. The Morgan fingerprint density at radius 1 is 0.688 bits per heavy atom. The molecule has 0 spiro atoms. The molecule has 0 radical (unpaired) electrons. The van der Waals surface area contributed by atoms with E-state index in [9.17, 15) is 20.2 Å². The molecule has 13 heteroatoms. The normalized spacial score (nSPS) is 11.8. The molecule has 2 heterocycles. The first kappa shape index (κ1) is 34.0. The molecule has 4 aromatic carbocycles. The van der Waals surface area contributed by atoms with Gasteiger partial charge in [0.25, 0.3) is 11.4 Å². The van der Waals surface area contributed by atoms with Gasteiger partial charge in [-0.25, -0.2) is 15.0 Å². The molecule has 2 N–H and O–H groups in total. The van der Waals surface area contributed by atoms with Gasteiger partial charge in [-0.1, -0.05) is 84.9 Å². The average Bonchev–Trinajstić information content (AvgIpc) is 3.81. The van der Waals surface area contributed by atoms with Crippen molar-refractivity contribution < 1.29 is 9.85 Å². The lowest BCUT2D eigenvalue weighted by atomic mass is 10.0. The van der Waals surface area contributed by atoms with E-state index in [2.05, 4.69) is 20.1 Å². The van der Waals surface area contributed by atoms with Gasteiger partial charge < -0.3 is 5.73 Å². The van der Waals surface area contributed by atoms with Crippen LogP contribution >= 0.6 is 34.9 Å². The summed E-state index contributed by atoms with van der Waals surface area (Å²) in [4.78, 5) is 34.1. The van der Waals surface area contributed by atoms with Gasteiger partial charge in [-0.05, 0) is 29.8 Å². The predicted molar refractivity (Wildman–Crippen MR) is 193 cm³/mol. The average molecular weight is 693 g/mol. The van der Waals surface area contributed by atoms with E-state index in [1.165, 1.54) is 24.3 Å². The molecular weight excluding hydrogens is 665 g/mol. The third-order valence-corrected chi connectivity index (χ3v) is 9.12. The maximum atomic E-state index is 10.8. The van der Waals surface area contributed by atoms with Gasteiger partial charge in [0.1, 0.15) is 16.1 Å². The van der Waals surface area contributed by atoms with Crippen LogP contribution in [0, 0.1) is 20.2 Å². The van der Waals surface area contributed by atoms with Crippen LogP contribution in [0.25, 0.3) is 21.1 Å². The largest absolute Gasteiger partial charge is 0.322 e. The number of rotatable bonds is 11. The highest BCUT2D eigenvalue weighted by Gasteiger charge is 2.17. The van der Waals surface area contributed by atoms with Gasteiger partial charge in [-0.2, -0.15) is 0 Å². The molecule has 0 unspecified atom stereocenters. The van der Waals surface area contributed by atoms with Crippen molar-refractivity contribution in [3.63, 3.8) is 0 Å². The van der Waals surface area contributed by atoms with Crippen molar-refractivity contribution >= 4 is 51.4 Å². The molecule has 2 atom stereocenters. The Bertz CT molecular complexity index is 2010. The molecule has 2 aromatic heterocycles. The maximum Gasteiger partial charge on any atom is 0.269 e. The maximum absolute atomic E-state index is 10.8. The zero-order valence-corrected chi connectivity index (χ0v) is 27.7. The molecule has 0 bridgehead atoms. The zero-order chi connectivity index (χ0) is 33.9. The second-order valence-electron chi connectivity index (χ2n) is 10.5. The number of nitro groups is 2. The van der Waals surface area contributed by atoms with Crippen molar-refractivity contribution in [3.05, 3.63) is 163 Å². The summed E-state index contributed by atoms with van der Waals surface area (Å²) in [6, 6.07) is 32.3. The van der Waals surface area contributed by atoms with E-state index in [1.54, 1.807) is 46.9 Å². The molecular formula is C35H28N6O4S3. The van der Waals surface area contributed by atoms with Crippen LogP contribution in [0.4, 0.5) is 11.4 Å². The van der Waals surface area contributed by atoms with Crippen LogP contribution in [0.1, 0.15) is 34.6 Å². The van der Waals surface area contributed by atoms with Crippen molar-refractivity contribution in [3.8, 4) is 21.1 Å². The van der Waals surface area contributed by atoms with Gasteiger partial charge in [0, 0.05) is 52.6 Å². The number of aliphatic imine (C=N–C) groups is 1. The molecule has 6 aromatic rings. The van der Waals surface area contributed by atoms with Crippen LogP contribution < -0.4 is 5.73 Å². The number of isothiocyanates is 1. The summed E-state index contributed by atoms with van der Waals surface area (Å²) in [5, 5.41) is 29.6. The number of benzene rings is 4. The smallest absolute Gasteiger partial charge is 0.269 e. The second-order valence-corrected chi connectivity index (χ2v) is 12.4. The van der Waals surface area contributed by atoms with E-state index in [0.717, 1.165) is 43.7 Å². The number of aromatic nitrogens is 2. The quantitative estimate of drug-likeness (QED) is 0.0611. The van der Waals surface area contributed by atoms with Crippen LogP contribution in [0.3, 0.4) is 0 Å². The first-order chi connectivity index (χ1) is 23.3. The predicted octanol–water partition coefficient (Wildman–Crippen LogP) is 9.07. The molecule has 0 saturated carbocycles. The van der Waals surface area contributed by atoms with E-state index >= 15 is 0 Å². The summed E-state index contributed by atoms with van der Waals surface area (Å²) in [6.07, 6.45) is 1.15. The molecule has 6 rings (SSSR count). The minimum absolute atomic E-state index is 0.0682. The Morgan fingerprint density at radius 3 is 1.58 bits per heavy atom. The van der Waals surface area contributed by atoms with E-state index in [0.29, 0.717) is 12.8 Å². The van der Waals surface area contributed by atoms with Crippen molar-refractivity contribution in [2.24, 2.45) is 10.7 Å². The lowest BCUT2D eigenvalue weighted by Gasteiger charge is -2.08. The number of hydrogen-bond donors (Lipinski definition) is 1. The molecule has 240 valence electrons. The van der Waals surface area contributed by atoms with Crippen LogP contribution in [0.2, 0.25) is 0 Å². The summed E-state index contributed by atoms with van der Waals surface area (Å²) >= 11 is 7.89. The van der Waals surface area contributed by atoms with Crippen LogP contribution in [0.15, 0.2) is 125 Å². The fourth-order valence-electron chi connectivity index (χ4n) is 4.69. The van der Waals surface area contributed by atoms with Gasteiger partial charge >= 0.3 is 0 Å².